The number of nitro benzene ring substituents is 1. The zero-order valence-electron chi connectivity index (χ0n) is 21.2. The third-order valence-electron chi connectivity index (χ3n) is 6.56. The van der Waals surface area contributed by atoms with Crippen molar-refractivity contribution >= 4 is 29.0 Å². The quantitative estimate of drug-likeness (QED) is 0.269. The summed E-state index contributed by atoms with van der Waals surface area (Å²) in [6.07, 6.45) is 0.923. The number of hydrogen-bond acceptors (Lipinski definition) is 7. The number of nitrogens with one attached hydrogen (secondary N) is 1. The molecule has 1 aliphatic heterocycles. The molecule has 8 nitrogen and oxygen atoms in total. The maximum absolute atomic E-state index is 13.4. The van der Waals surface area contributed by atoms with E-state index in [2.05, 4.69) is 5.32 Å². The first kappa shape index (κ1) is 26.4. The van der Waals surface area contributed by atoms with Crippen molar-refractivity contribution in [1.82, 2.24) is 5.32 Å². The fraction of sp³-hybridized carbons (Fsp3) is 0.357. The van der Waals surface area contributed by atoms with Crippen LogP contribution in [0.5, 0.6) is 5.75 Å². The second kappa shape index (κ2) is 10.4. The lowest BCUT2D eigenvalue weighted by molar-refractivity contribution is -0.386. The largest absolute Gasteiger partial charge is 0.482 e. The van der Waals surface area contributed by atoms with Gasteiger partial charge in [-0.05, 0) is 55.0 Å². The van der Waals surface area contributed by atoms with Gasteiger partial charge in [-0.15, -0.1) is 0 Å². The molecule has 1 N–H and O–H groups in total. The third kappa shape index (κ3) is 5.54. The van der Waals surface area contributed by atoms with E-state index in [-0.39, 0.29) is 41.4 Å². The Kier molecular flexibility index (Phi) is 7.41. The van der Waals surface area contributed by atoms with E-state index in [0.29, 0.717) is 34.7 Å². The highest BCUT2D eigenvalue weighted by Crippen LogP contribution is 2.47. The third-order valence-corrected chi connectivity index (χ3v) is 6.81. The van der Waals surface area contributed by atoms with E-state index in [4.69, 9.17) is 21.1 Å². The topological polar surface area (TPSA) is 108 Å². The number of rotatable bonds is 7. The van der Waals surface area contributed by atoms with Gasteiger partial charge < -0.3 is 14.8 Å². The zero-order chi connectivity index (χ0) is 26.9. The van der Waals surface area contributed by atoms with Gasteiger partial charge in [-0.2, -0.15) is 0 Å². The Labute approximate surface area is 220 Å². The highest BCUT2D eigenvalue weighted by molar-refractivity contribution is 6.30. The Hall–Kier alpha value is -3.65. The summed E-state index contributed by atoms with van der Waals surface area (Å²) in [5, 5.41) is 15.9. The van der Waals surface area contributed by atoms with Crippen molar-refractivity contribution in [1.29, 1.82) is 0 Å². The molecular weight excluding hydrogens is 496 g/mol. The summed E-state index contributed by atoms with van der Waals surface area (Å²) in [7, 11) is 0. The number of dihydropyridines is 1. The molecule has 2 aliphatic rings. The minimum atomic E-state index is -0.789. The Morgan fingerprint density at radius 2 is 1.89 bits per heavy atom. The van der Waals surface area contributed by atoms with Gasteiger partial charge in [0.2, 0.25) is 0 Å². The van der Waals surface area contributed by atoms with Gasteiger partial charge in [0.25, 0.3) is 0 Å². The van der Waals surface area contributed by atoms with Crippen LogP contribution in [-0.4, -0.2) is 23.3 Å². The van der Waals surface area contributed by atoms with Crippen molar-refractivity contribution in [3.05, 3.63) is 91.3 Å². The molecule has 0 amide bonds. The highest BCUT2D eigenvalue weighted by atomic mass is 35.5. The number of carbonyl (C=O) groups excluding carboxylic acids is 2. The van der Waals surface area contributed by atoms with Crippen LogP contribution in [0.15, 0.2) is 65.0 Å². The van der Waals surface area contributed by atoms with Crippen LogP contribution in [0.25, 0.3) is 0 Å². The van der Waals surface area contributed by atoms with Crippen LogP contribution in [0.4, 0.5) is 5.69 Å². The minimum absolute atomic E-state index is 0.0846. The van der Waals surface area contributed by atoms with Crippen molar-refractivity contribution < 1.29 is 24.0 Å². The average molecular weight is 525 g/mol. The molecule has 2 aromatic rings. The molecule has 0 spiro atoms. The van der Waals surface area contributed by atoms with E-state index in [1.165, 1.54) is 12.1 Å². The molecule has 2 aromatic carbocycles. The monoisotopic (exact) mass is 524 g/mol. The van der Waals surface area contributed by atoms with Crippen LogP contribution in [0.1, 0.15) is 57.6 Å². The van der Waals surface area contributed by atoms with Gasteiger partial charge in [-0.3, -0.25) is 14.9 Å². The van der Waals surface area contributed by atoms with E-state index in [1.54, 1.807) is 44.2 Å². The summed E-state index contributed by atoms with van der Waals surface area (Å²) in [5.41, 5.74) is 2.79. The standard InChI is InChI=1S/C28H29ClN2O6/c1-5-36-27(33)24-16(2)30-20-13-28(3,4)14-22(32)26(20)25(24)18-8-11-23(21(12-18)31(34)35)37-15-17-6-9-19(29)10-7-17/h6-12,25,30H,5,13-15H2,1-4H3. The van der Waals surface area contributed by atoms with Crippen LogP contribution >= 0.6 is 11.6 Å². The van der Waals surface area contributed by atoms with E-state index < -0.39 is 16.8 Å². The van der Waals surface area contributed by atoms with Gasteiger partial charge in [0.15, 0.2) is 11.5 Å². The second-order valence-electron chi connectivity index (χ2n) is 10.0. The number of halogens is 1. The molecule has 0 bridgehead atoms. The number of Topliss-reactive ketones (excluding diaryl/α,β-unsaturated/α-hetero) is 1. The van der Waals surface area contributed by atoms with Gasteiger partial charge >= 0.3 is 11.7 Å². The Balaban J connectivity index is 1.78. The van der Waals surface area contributed by atoms with Crippen molar-refractivity contribution in [3.63, 3.8) is 0 Å². The fourth-order valence-electron chi connectivity index (χ4n) is 4.97. The number of nitrogens with zero attached hydrogens (tertiary/aromatic N) is 1. The number of benzene rings is 2. The molecule has 0 saturated carbocycles. The normalized spacial score (nSPS) is 18.7. The molecule has 37 heavy (non-hydrogen) atoms. The lowest BCUT2D eigenvalue weighted by atomic mass is 9.68. The first-order valence-electron chi connectivity index (χ1n) is 12.1. The van der Waals surface area contributed by atoms with Crippen LogP contribution in [0, 0.1) is 15.5 Å². The molecular formula is C28H29ClN2O6. The number of carbonyl (C=O) groups is 2. The summed E-state index contributed by atoms with van der Waals surface area (Å²) >= 11 is 5.93. The van der Waals surface area contributed by atoms with E-state index in [0.717, 1.165) is 11.3 Å². The SMILES string of the molecule is CCOC(=O)C1=C(C)NC2=C(C(=O)CC(C)(C)C2)C1c1ccc(OCc2ccc(Cl)cc2)c([N+](=O)[O-])c1. The molecule has 0 saturated heterocycles. The van der Waals surface area contributed by atoms with Crippen LogP contribution in [0.3, 0.4) is 0 Å². The number of allylic oxidation sites excluding steroid dienone is 3. The lowest BCUT2D eigenvalue weighted by Gasteiger charge is -2.39. The van der Waals surface area contributed by atoms with Gasteiger partial charge in [-0.1, -0.05) is 43.6 Å². The number of esters is 1. The zero-order valence-corrected chi connectivity index (χ0v) is 22.0. The summed E-state index contributed by atoms with van der Waals surface area (Å²) in [5.74, 6) is -1.36. The first-order valence-corrected chi connectivity index (χ1v) is 12.4. The molecule has 194 valence electrons. The van der Waals surface area contributed by atoms with Gasteiger partial charge in [0.05, 0.1) is 17.1 Å². The second-order valence-corrected chi connectivity index (χ2v) is 10.5. The molecule has 1 unspecified atom stereocenters. The van der Waals surface area contributed by atoms with E-state index >= 15 is 0 Å². The predicted octanol–water partition coefficient (Wildman–Crippen LogP) is 5.99. The molecule has 1 heterocycles. The smallest absolute Gasteiger partial charge is 0.336 e. The summed E-state index contributed by atoms with van der Waals surface area (Å²) < 4.78 is 11.1. The number of ketones is 1. The molecule has 0 aromatic heterocycles. The number of ether oxygens (including phenoxy) is 2. The summed E-state index contributed by atoms with van der Waals surface area (Å²) in [4.78, 5) is 38.0. The Morgan fingerprint density at radius 1 is 1.19 bits per heavy atom. The highest BCUT2D eigenvalue weighted by Gasteiger charge is 2.43. The van der Waals surface area contributed by atoms with Crippen molar-refractivity contribution in [3.8, 4) is 5.75 Å². The van der Waals surface area contributed by atoms with Gasteiger partial charge in [-0.25, -0.2) is 4.79 Å². The van der Waals surface area contributed by atoms with Crippen molar-refractivity contribution in [2.24, 2.45) is 5.41 Å². The van der Waals surface area contributed by atoms with E-state index in [1.807, 2.05) is 13.8 Å². The Bertz CT molecular complexity index is 1330. The molecule has 0 radical (unpaired) electrons. The maximum atomic E-state index is 13.4. The molecule has 1 aliphatic carbocycles. The van der Waals surface area contributed by atoms with Crippen molar-refractivity contribution in [2.75, 3.05) is 6.61 Å². The van der Waals surface area contributed by atoms with Crippen LogP contribution in [-0.2, 0) is 20.9 Å². The summed E-state index contributed by atoms with van der Waals surface area (Å²) in [6, 6.07) is 11.6. The maximum Gasteiger partial charge on any atom is 0.336 e. The molecule has 1 atom stereocenters. The summed E-state index contributed by atoms with van der Waals surface area (Å²) in [6.45, 7) is 7.77. The predicted molar refractivity (Wildman–Crippen MR) is 139 cm³/mol. The average Bonchev–Trinajstić information content (AvgIpc) is 2.82. The molecule has 9 heteroatoms. The fourth-order valence-corrected chi connectivity index (χ4v) is 5.10. The van der Waals surface area contributed by atoms with E-state index in [9.17, 15) is 19.7 Å². The lowest BCUT2D eigenvalue weighted by Crippen LogP contribution is -2.38. The van der Waals surface area contributed by atoms with Gasteiger partial charge in [0.1, 0.15) is 6.61 Å². The molecule has 4 rings (SSSR count). The number of hydrogen-bond donors (Lipinski definition) is 1. The number of nitro groups is 1. The van der Waals surface area contributed by atoms with Crippen LogP contribution in [0.2, 0.25) is 5.02 Å². The Morgan fingerprint density at radius 3 is 2.54 bits per heavy atom. The van der Waals surface area contributed by atoms with Crippen molar-refractivity contribution in [2.45, 2.75) is 53.1 Å². The minimum Gasteiger partial charge on any atom is -0.482 e. The molecule has 0 fully saturated rings. The van der Waals surface area contributed by atoms with Crippen LogP contribution < -0.4 is 10.1 Å². The first-order chi connectivity index (χ1) is 17.5. The van der Waals surface area contributed by atoms with Gasteiger partial charge in [0, 0.05) is 40.4 Å².